The first-order chi connectivity index (χ1) is 10.8. The smallest absolute Gasteiger partial charge is 0.127 e. The fraction of sp³-hybridized carbons (Fsp3) is 0.105. The summed E-state index contributed by atoms with van der Waals surface area (Å²) in [5, 5.41) is 5.86. The van der Waals surface area contributed by atoms with Crippen LogP contribution < -0.4 is 5.32 Å². The molecule has 4 rings (SSSR count). The summed E-state index contributed by atoms with van der Waals surface area (Å²) in [7, 11) is 0. The monoisotopic (exact) mass is 287 g/mol. The van der Waals surface area contributed by atoms with Gasteiger partial charge in [0.2, 0.25) is 0 Å². The number of para-hydroxylation sites is 2. The van der Waals surface area contributed by atoms with E-state index in [1.54, 1.807) is 0 Å². The van der Waals surface area contributed by atoms with E-state index in [4.69, 9.17) is 0 Å². The maximum Gasteiger partial charge on any atom is 0.127 e. The topological polar surface area (TPSA) is 40.7 Å². The van der Waals surface area contributed by atoms with E-state index in [2.05, 4.69) is 70.7 Å². The number of benzene rings is 2. The summed E-state index contributed by atoms with van der Waals surface area (Å²) in [6.45, 7) is 2.86. The molecule has 0 bridgehead atoms. The molecular weight excluding hydrogens is 270 g/mol. The molecule has 0 aliphatic heterocycles. The van der Waals surface area contributed by atoms with Crippen molar-refractivity contribution in [3.63, 3.8) is 0 Å². The van der Waals surface area contributed by atoms with E-state index in [1.165, 1.54) is 21.9 Å². The molecule has 0 radical (unpaired) electrons. The van der Waals surface area contributed by atoms with Gasteiger partial charge in [0.1, 0.15) is 5.82 Å². The van der Waals surface area contributed by atoms with Crippen LogP contribution in [-0.4, -0.2) is 9.97 Å². The van der Waals surface area contributed by atoms with Crippen molar-refractivity contribution in [1.82, 2.24) is 9.97 Å². The predicted molar refractivity (Wildman–Crippen MR) is 92.1 cm³/mol. The molecule has 2 aromatic carbocycles. The maximum absolute atomic E-state index is 4.68. The zero-order valence-electron chi connectivity index (χ0n) is 12.4. The van der Waals surface area contributed by atoms with Crippen LogP contribution >= 0.6 is 0 Å². The minimum Gasteiger partial charge on any atom is -0.364 e. The molecule has 0 unspecified atom stereocenters. The van der Waals surface area contributed by atoms with E-state index in [0.717, 1.165) is 23.6 Å². The SMILES string of the molecule is Cc1cc(NCc2cc3ccccc3[nH]2)nc2ccccc12. The molecule has 0 saturated heterocycles. The van der Waals surface area contributed by atoms with Gasteiger partial charge in [0.25, 0.3) is 0 Å². The summed E-state index contributed by atoms with van der Waals surface area (Å²) in [5.41, 5.74) is 4.60. The average Bonchev–Trinajstić information content (AvgIpc) is 2.96. The number of hydrogen-bond acceptors (Lipinski definition) is 2. The van der Waals surface area contributed by atoms with Gasteiger partial charge in [-0.25, -0.2) is 4.98 Å². The predicted octanol–water partition coefficient (Wildman–Crippen LogP) is 4.64. The number of fused-ring (bicyclic) bond motifs is 2. The van der Waals surface area contributed by atoms with Crippen LogP contribution in [0.3, 0.4) is 0 Å². The van der Waals surface area contributed by atoms with Gasteiger partial charge in [-0.1, -0.05) is 36.4 Å². The van der Waals surface area contributed by atoms with Gasteiger partial charge >= 0.3 is 0 Å². The molecule has 0 fully saturated rings. The number of aromatic amines is 1. The maximum atomic E-state index is 4.68. The lowest BCUT2D eigenvalue weighted by Gasteiger charge is -2.08. The average molecular weight is 287 g/mol. The quantitative estimate of drug-likeness (QED) is 0.576. The van der Waals surface area contributed by atoms with Crippen molar-refractivity contribution < 1.29 is 0 Å². The van der Waals surface area contributed by atoms with Gasteiger partial charge in [-0.3, -0.25) is 0 Å². The van der Waals surface area contributed by atoms with Crippen LogP contribution in [-0.2, 0) is 6.54 Å². The van der Waals surface area contributed by atoms with Crippen LogP contribution in [0.2, 0.25) is 0 Å². The largest absolute Gasteiger partial charge is 0.364 e. The van der Waals surface area contributed by atoms with Gasteiger partial charge in [-0.15, -0.1) is 0 Å². The van der Waals surface area contributed by atoms with E-state index < -0.39 is 0 Å². The van der Waals surface area contributed by atoms with Crippen molar-refractivity contribution in [1.29, 1.82) is 0 Å². The minimum atomic E-state index is 0.736. The number of nitrogens with zero attached hydrogens (tertiary/aromatic N) is 1. The van der Waals surface area contributed by atoms with E-state index in [9.17, 15) is 0 Å². The fourth-order valence-electron chi connectivity index (χ4n) is 2.85. The molecular formula is C19H17N3. The zero-order chi connectivity index (χ0) is 14.9. The van der Waals surface area contributed by atoms with Crippen molar-refractivity contribution in [2.24, 2.45) is 0 Å². The van der Waals surface area contributed by atoms with Crippen LogP contribution in [0.1, 0.15) is 11.3 Å². The molecule has 0 saturated carbocycles. The highest BCUT2D eigenvalue weighted by atomic mass is 15.0. The Bertz CT molecular complexity index is 920. The number of H-pyrrole nitrogens is 1. The Morgan fingerprint density at radius 3 is 2.73 bits per heavy atom. The third kappa shape index (κ3) is 2.31. The van der Waals surface area contributed by atoms with Crippen LogP contribution in [0.15, 0.2) is 60.7 Å². The number of hydrogen-bond donors (Lipinski definition) is 2. The second-order valence-corrected chi connectivity index (χ2v) is 5.58. The number of pyridine rings is 1. The second-order valence-electron chi connectivity index (χ2n) is 5.58. The molecule has 0 atom stereocenters. The van der Waals surface area contributed by atoms with E-state index in [1.807, 2.05) is 12.1 Å². The van der Waals surface area contributed by atoms with Crippen LogP contribution in [0.4, 0.5) is 5.82 Å². The first kappa shape index (κ1) is 12.9. The van der Waals surface area contributed by atoms with Crippen LogP contribution in [0, 0.1) is 6.92 Å². The lowest BCUT2D eigenvalue weighted by Crippen LogP contribution is -2.02. The van der Waals surface area contributed by atoms with Gasteiger partial charge in [0.05, 0.1) is 12.1 Å². The normalized spacial score (nSPS) is 11.1. The summed E-state index contributed by atoms with van der Waals surface area (Å²) in [4.78, 5) is 8.11. The van der Waals surface area contributed by atoms with Crippen molar-refractivity contribution >= 4 is 27.6 Å². The molecule has 3 nitrogen and oxygen atoms in total. The van der Waals surface area contributed by atoms with E-state index in [0.29, 0.717) is 0 Å². The standard InChI is InChI=1S/C19H17N3/c1-13-10-19(22-18-9-5-3-7-16(13)18)20-12-15-11-14-6-2-4-8-17(14)21-15/h2-11,21H,12H2,1H3,(H,20,22). The zero-order valence-corrected chi connectivity index (χ0v) is 12.4. The Morgan fingerprint density at radius 2 is 1.82 bits per heavy atom. The Labute approximate surface area is 129 Å². The molecule has 0 aliphatic rings. The van der Waals surface area contributed by atoms with Gasteiger partial charge in [-0.05, 0) is 42.1 Å². The number of anilines is 1. The molecule has 0 aliphatic carbocycles. The van der Waals surface area contributed by atoms with E-state index in [-0.39, 0.29) is 0 Å². The highest BCUT2D eigenvalue weighted by Gasteiger charge is 2.03. The van der Waals surface area contributed by atoms with E-state index >= 15 is 0 Å². The third-order valence-electron chi connectivity index (χ3n) is 3.97. The number of nitrogens with one attached hydrogen (secondary N) is 2. The molecule has 0 amide bonds. The Kier molecular flexibility index (Phi) is 3.04. The van der Waals surface area contributed by atoms with Gasteiger partial charge in [0.15, 0.2) is 0 Å². The first-order valence-electron chi connectivity index (χ1n) is 7.46. The van der Waals surface area contributed by atoms with Crippen molar-refractivity contribution in [3.05, 3.63) is 71.9 Å². The Morgan fingerprint density at radius 1 is 1.00 bits per heavy atom. The molecule has 0 spiro atoms. The first-order valence-corrected chi connectivity index (χ1v) is 7.46. The summed E-state index contributed by atoms with van der Waals surface area (Å²) < 4.78 is 0. The molecule has 2 N–H and O–H groups in total. The summed E-state index contributed by atoms with van der Waals surface area (Å²) in [5.74, 6) is 0.912. The second kappa shape index (κ2) is 5.19. The highest BCUT2D eigenvalue weighted by Crippen LogP contribution is 2.21. The highest BCUT2D eigenvalue weighted by molar-refractivity contribution is 5.84. The third-order valence-corrected chi connectivity index (χ3v) is 3.97. The fourth-order valence-corrected chi connectivity index (χ4v) is 2.85. The van der Waals surface area contributed by atoms with Crippen molar-refractivity contribution in [3.8, 4) is 0 Å². The van der Waals surface area contributed by atoms with Gasteiger partial charge in [-0.2, -0.15) is 0 Å². The van der Waals surface area contributed by atoms with Gasteiger partial charge in [0, 0.05) is 16.6 Å². The van der Waals surface area contributed by atoms with Gasteiger partial charge < -0.3 is 10.3 Å². The lowest BCUT2D eigenvalue weighted by atomic mass is 10.1. The number of rotatable bonds is 3. The number of aromatic nitrogens is 2. The Balaban J connectivity index is 1.60. The molecule has 2 heterocycles. The molecule has 22 heavy (non-hydrogen) atoms. The van der Waals surface area contributed by atoms with Crippen molar-refractivity contribution in [2.45, 2.75) is 13.5 Å². The number of aryl methyl sites for hydroxylation is 1. The van der Waals surface area contributed by atoms with Crippen molar-refractivity contribution in [2.75, 3.05) is 5.32 Å². The van der Waals surface area contributed by atoms with Crippen LogP contribution in [0.25, 0.3) is 21.8 Å². The minimum absolute atomic E-state index is 0.736. The summed E-state index contributed by atoms with van der Waals surface area (Å²) >= 11 is 0. The molecule has 3 heteroatoms. The summed E-state index contributed by atoms with van der Waals surface area (Å²) in [6.07, 6.45) is 0. The Hall–Kier alpha value is -2.81. The summed E-state index contributed by atoms with van der Waals surface area (Å²) in [6, 6.07) is 20.8. The van der Waals surface area contributed by atoms with Crippen LogP contribution in [0.5, 0.6) is 0 Å². The molecule has 4 aromatic rings. The molecule has 2 aromatic heterocycles. The lowest BCUT2D eigenvalue weighted by molar-refractivity contribution is 1.07. The molecule has 108 valence electrons.